The number of nitrogens with one attached hydrogen (secondary N) is 1. The Morgan fingerprint density at radius 2 is 2.53 bits per heavy atom. The quantitative estimate of drug-likeness (QED) is 0.704. The Bertz CT molecular complexity index is 272. The van der Waals surface area contributed by atoms with Gasteiger partial charge in [-0.2, -0.15) is 0 Å². The Labute approximate surface area is 88.5 Å². The minimum Gasteiger partial charge on any atom is -0.480 e. The molecule has 0 saturated carbocycles. The van der Waals surface area contributed by atoms with Crippen LogP contribution in [0.15, 0.2) is 4.99 Å². The maximum Gasteiger partial charge on any atom is 0.332 e. The van der Waals surface area contributed by atoms with Crippen LogP contribution in [0.3, 0.4) is 0 Å². The smallest absolute Gasteiger partial charge is 0.332 e. The molecule has 0 bridgehead atoms. The van der Waals surface area contributed by atoms with Crippen LogP contribution in [0.5, 0.6) is 0 Å². The van der Waals surface area contributed by atoms with E-state index >= 15 is 0 Å². The predicted molar refractivity (Wildman–Crippen MR) is 55.0 cm³/mol. The van der Waals surface area contributed by atoms with E-state index in [2.05, 4.69) is 10.3 Å². The number of ether oxygens (including phenoxy) is 1. The molecule has 0 spiro atoms. The second kappa shape index (κ2) is 4.61. The number of aliphatic carboxylic acids is 1. The molecular weight excluding hydrogens is 196 g/mol. The van der Waals surface area contributed by atoms with E-state index in [1.54, 1.807) is 0 Å². The number of hydrogen-bond acceptors (Lipinski definition) is 4. The van der Waals surface area contributed by atoms with Crippen molar-refractivity contribution in [3.05, 3.63) is 0 Å². The number of hydrogen-bond donors (Lipinski definition) is 2. The van der Waals surface area contributed by atoms with E-state index < -0.39 is 12.0 Å². The number of carboxylic acids is 1. The van der Waals surface area contributed by atoms with Gasteiger partial charge in [0.1, 0.15) is 6.61 Å². The van der Waals surface area contributed by atoms with Crippen LogP contribution in [-0.4, -0.2) is 42.7 Å². The molecule has 1 fully saturated rings. The van der Waals surface area contributed by atoms with Gasteiger partial charge in [0.2, 0.25) is 0 Å². The molecule has 0 amide bonds. The summed E-state index contributed by atoms with van der Waals surface area (Å²) in [6.45, 7) is 2.27. The summed E-state index contributed by atoms with van der Waals surface area (Å²) in [4.78, 5) is 14.7. The minimum atomic E-state index is -0.897. The molecule has 0 aromatic heterocycles. The number of piperidine rings is 1. The van der Waals surface area contributed by atoms with Crippen LogP contribution in [0.2, 0.25) is 0 Å². The van der Waals surface area contributed by atoms with Gasteiger partial charge < -0.3 is 15.2 Å². The van der Waals surface area contributed by atoms with Crippen molar-refractivity contribution in [1.29, 1.82) is 0 Å². The standard InChI is InChI=1S/C10H16N2O3/c13-10(14)8-6-15-9(12-8)4-7-2-1-3-11-5-7/h7-8,11H,1-6H2,(H,13,14). The van der Waals surface area contributed by atoms with Crippen molar-refractivity contribution in [3.8, 4) is 0 Å². The van der Waals surface area contributed by atoms with Crippen molar-refractivity contribution < 1.29 is 14.6 Å². The summed E-state index contributed by atoms with van der Waals surface area (Å²) in [5.74, 6) is 0.271. The molecule has 0 aliphatic carbocycles. The van der Waals surface area contributed by atoms with Crippen LogP contribution in [0.4, 0.5) is 0 Å². The number of aliphatic imine (C=N–C) groups is 1. The Balaban J connectivity index is 1.84. The lowest BCUT2D eigenvalue weighted by Gasteiger charge is -2.21. The van der Waals surface area contributed by atoms with Crippen molar-refractivity contribution in [3.63, 3.8) is 0 Å². The maximum absolute atomic E-state index is 10.6. The van der Waals surface area contributed by atoms with Crippen LogP contribution in [-0.2, 0) is 9.53 Å². The van der Waals surface area contributed by atoms with Gasteiger partial charge in [-0.1, -0.05) is 0 Å². The average Bonchev–Trinajstić information content (AvgIpc) is 2.68. The molecular formula is C10H16N2O3. The van der Waals surface area contributed by atoms with E-state index in [0.717, 1.165) is 19.5 Å². The highest BCUT2D eigenvalue weighted by molar-refractivity contribution is 5.84. The minimum absolute atomic E-state index is 0.199. The van der Waals surface area contributed by atoms with Gasteiger partial charge in [-0.05, 0) is 31.8 Å². The van der Waals surface area contributed by atoms with Gasteiger partial charge in [0.15, 0.2) is 11.9 Å². The molecule has 5 nitrogen and oxygen atoms in total. The first-order chi connectivity index (χ1) is 7.25. The third kappa shape index (κ3) is 2.68. The summed E-state index contributed by atoms with van der Waals surface area (Å²) >= 11 is 0. The first-order valence-electron chi connectivity index (χ1n) is 5.38. The van der Waals surface area contributed by atoms with Gasteiger partial charge in [-0.25, -0.2) is 9.79 Å². The van der Waals surface area contributed by atoms with E-state index in [1.807, 2.05) is 0 Å². The summed E-state index contributed by atoms with van der Waals surface area (Å²) in [7, 11) is 0. The van der Waals surface area contributed by atoms with Crippen molar-refractivity contribution >= 4 is 11.9 Å². The first kappa shape index (κ1) is 10.4. The molecule has 0 aromatic carbocycles. The van der Waals surface area contributed by atoms with Crippen LogP contribution in [0, 0.1) is 5.92 Å². The van der Waals surface area contributed by atoms with Crippen LogP contribution < -0.4 is 5.32 Å². The SMILES string of the molecule is O=C(O)C1COC(CC2CCCNC2)=N1. The predicted octanol–water partition coefficient (Wildman–Crippen LogP) is 0.258. The molecule has 2 unspecified atom stereocenters. The average molecular weight is 212 g/mol. The Kier molecular flexibility index (Phi) is 3.20. The fraction of sp³-hybridized carbons (Fsp3) is 0.800. The summed E-state index contributed by atoms with van der Waals surface area (Å²) in [5.41, 5.74) is 0. The monoisotopic (exact) mass is 212 g/mol. The zero-order chi connectivity index (χ0) is 10.7. The molecule has 0 aromatic rings. The largest absolute Gasteiger partial charge is 0.480 e. The number of rotatable bonds is 3. The van der Waals surface area contributed by atoms with Crippen molar-refractivity contribution in [1.82, 2.24) is 5.32 Å². The molecule has 84 valence electrons. The normalized spacial score (nSPS) is 30.8. The third-order valence-corrected chi connectivity index (χ3v) is 2.85. The first-order valence-corrected chi connectivity index (χ1v) is 5.38. The van der Waals surface area contributed by atoms with Crippen molar-refractivity contribution in [2.24, 2.45) is 10.9 Å². The summed E-state index contributed by atoms with van der Waals surface area (Å²) in [5, 5.41) is 12.1. The number of carboxylic acid groups (broad SMARTS) is 1. The van der Waals surface area contributed by atoms with Crippen LogP contribution in [0.1, 0.15) is 19.3 Å². The van der Waals surface area contributed by atoms with E-state index in [9.17, 15) is 4.79 Å². The molecule has 2 rings (SSSR count). The van der Waals surface area contributed by atoms with Gasteiger partial charge in [0, 0.05) is 6.42 Å². The molecule has 2 N–H and O–H groups in total. The highest BCUT2D eigenvalue weighted by Crippen LogP contribution is 2.18. The van der Waals surface area contributed by atoms with Crippen molar-refractivity contribution in [2.75, 3.05) is 19.7 Å². The lowest BCUT2D eigenvalue weighted by molar-refractivity contribution is -0.138. The molecule has 2 heterocycles. The lowest BCUT2D eigenvalue weighted by atomic mass is 9.96. The Morgan fingerprint density at radius 3 is 3.13 bits per heavy atom. The second-order valence-corrected chi connectivity index (χ2v) is 4.10. The molecule has 2 aliphatic rings. The van der Waals surface area contributed by atoms with Gasteiger partial charge in [0.25, 0.3) is 0 Å². The Morgan fingerprint density at radius 1 is 1.67 bits per heavy atom. The molecule has 0 radical (unpaired) electrons. The third-order valence-electron chi connectivity index (χ3n) is 2.85. The topological polar surface area (TPSA) is 70.9 Å². The summed E-state index contributed by atoms with van der Waals surface area (Å²) < 4.78 is 5.27. The fourth-order valence-corrected chi connectivity index (χ4v) is 2.01. The number of nitrogens with zero attached hydrogens (tertiary/aromatic N) is 1. The van der Waals surface area contributed by atoms with E-state index in [4.69, 9.17) is 9.84 Å². The zero-order valence-corrected chi connectivity index (χ0v) is 8.61. The summed E-state index contributed by atoms with van der Waals surface area (Å²) in [6, 6.07) is -0.684. The van der Waals surface area contributed by atoms with E-state index in [1.165, 1.54) is 12.8 Å². The van der Waals surface area contributed by atoms with Crippen LogP contribution >= 0.6 is 0 Å². The number of carbonyl (C=O) groups is 1. The molecule has 2 aliphatic heterocycles. The highest BCUT2D eigenvalue weighted by atomic mass is 16.5. The van der Waals surface area contributed by atoms with Gasteiger partial charge in [-0.3, -0.25) is 0 Å². The highest BCUT2D eigenvalue weighted by Gasteiger charge is 2.27. The molecule has 2 atom stereocenters. The summed E-state index contributed by atoms with van der Waals surface area (Å²) in [6.07, 6.45) is 3.13. The van der Waals surface area contributed by atoms with E-state index in [-0.39, 0.29) is 6.61 Å². The lowest BCUT2D eigenvalue weighted by Crippen LogP contribution is -2.31. The molecule has 5 heteroatoms. The van der Waals surface area contributed by atoms with Gasteiger partial charge in [0.05, 0.1) is 0 Å². The van der Waals surface area contributed by atoms with Gasteiger partial charge >= 0.3 is 5.97 Å². The second-order valence-electron chi connectivity index (χ2n) is 4.10. The van der Waals surface area contributed by atoms with Crippen molar-refractivity contribution in [2.45, 2.75) is 25.3 Å². The van der Waals surface area contributed by atoms with Crippen LogP contribution in [0.25, 0.3) is 0 Å². The van der Waals surface area contributed by atoms with E-state index in [0.29, 0.717) is 11.8 Å². The molecule has 15 heavy (non-hydrogen) atoms. The van der Waals surface area contributed by atoms with Gasteiger partial charge in [-0.15, -0.1) is 0 Å². The zero-order valence-electron chi connectivity index (χ0n) is 8.61. The Hall–Kier alpha value is -1.10. The maximum atomic E-state index is 10.6. The molecule has 1 saturated heterocycles. The fourth-order valence-electron chi connectivity index (χ4n) is 2.01.